The lowest BCUT2D eigenvalue weighted by molar-refractivity contribution is -0.139. The maximum atomic E-state index is 11.1. The van der Waals surface area contributed by atoms with Crippen LogP contribution in [0.4, 0.5) is 0 Å². The number of aliphatic hydroxyl groups is 1. The second-order valence-electron chi connectivity index (χ2n) is 2.97. The van der Waals surface area contributed by atoms with Crippen LogP contribution in [-0.2, 0) is 15.0 Å². The highest BCUT2D eigenvalue weighted by Crippen LogP contribution is 1.89. The van der Waals surface area contributed by atoms with E-state index >= 15 is 0 Å². The largest absolute Gasteiger partial charge is 0.480 e. The van der Waals surface area contributed by atoms with Crippen molar-refractivity contribution in [1.82, 2.24) is 9.44 Å². The first kappa shape index (κ1) is 13.3. The minimum absolute atomic E-state index is 0.347. The molecular formula is C6H14N2O5S. The molecule has 0 rings (SSSR count). The summed E-state index contributed by atoms with van der Waals surface area (Å²) in [7, 11) is -3.88. The molecule has 4 N–H and O–H groups in total. The molecule has 8 heteroatoms. The molecule has 0 saturated carbocycles. The maximum absolute atomic E-state index is 11.1. The Bertz CT molecular complexity index is 287. The number of aliphatic hydroxyl groups excluding tert-OH is 1. The van der Waals surface area contributed by atoms with Crippen LogP contribution in [0.15, 0.2) is 0 Å². The van der Waals surface area contributed by atoms with E-state index in [1.54, 1.807) is 18.6 Å². The smallest absolute Gasteiger partial charge is 0.324 e. The Morgan fingerprint density at radius 1 is 1.36 bits per heavy atom. The van der Waals surface area contributed by atoms with Gasteiger partial charge in [-0.3, -0.25) is 4.79 Å². The summed E-state index contributed by atoms with van der Waals surface area (Å²) in [4.78, 5) is 10.4. The van der Waals surface area contributed by atoms with Gasteiger partial charge in [-0.2, -0.15) is 17.9 Å². The van der Waals surface area contributed by atoms with Crippen molar-refractivity contribution in [3.05, 3.63) is 0 Å². The summed E-state index contributed by atoms with van der Waals surface area (Å²) in [5.41, 5.74) is 0. The minimum Gasteiger partial charge on any atom is -0.480 e. The Morgan fingerprint density at radius 2 is 1.86 bits per heavy atom. The van der Waals surface area contributed by atoms with E-state index in [-0.39, 0.29) is 6.04 Å². The highest BCUT2D eigenvalue weighted by Gasteiger charge is 2.23. The minimum atomic E-state index is -3.88. The van der Waals surface area contributed by atoms with E-state index in [2.05, 4.69) is 4.72 Å². The monoisotopic (exact) mass is 226 g/mol. The number of carboxylic acids is 1. The van der Waals surface area contributed by atoms with Crippen molar-refractivity contribution >= 4 is 16.2 Å². The predicted molar refractivity (Wildman–Crippen MR) is 48.8 cm³/mol. The van der Waals surface area contributed by atoms with Crippen molar-refractivity contribution in [2.45, 2.75) is 25.9 Å². The third kappa shape index (κ3) is 5.12. The molecule has 1 unspecified atom stereocenters. The van der Waals surface area contributed by atoms with Crippen molar-refractivity contribution in [1.29, 1.82) is 0 Å². The zero-order chi connectivity index (χ0) is 11.4. The van der Waals surface area contributed by atoms with Gasteiger partial charge in [0.15, 0.2) is 0 Å². The van der Waals surface area contributed by atoms with Gasteiger partial charge in [0.05, 0.1) is 6.61 Å². The Labute approximate surface area is 82.3 Å². The van der Waals surface area contributed by atoms with Crippen molar-refractivity contribution in [2.24, 2.45) is 0 Å². The van der Waals surface area contributed by atoms with Crippen LogP contribution in [0.3, 0.4) is 0 Å². The van der Waals surface area contributed by atoms with Gasteiger partial charge in [-0.05, 0) is 13.8 Å². The quantitative estimate of drug-likeness (QED) is 0.429. The molecule has 0 aromatic carbocycles. The van der Waals surface area contributed by atoms with E-state index in [1.807, 2.05) is 0 Å². The van der Waals surface area contributed by atoms with Crippen molar-refractivity contribution < 1.29 is 23.4 Å². The molecule has 0 aliphatic heterocycles. The first-order valence-electron chi connectivity index (χ1n) is 3.91. The number of hydrogen-bond acceptors (Lipinski definition) is 4. The third-order valence-corrected chi connectivity index (χ3v) is 2.55. The second kappa shape index (κ2) is 5.25. The Hall–Kier alpha value is -0.700. The fourth-order valence-electron chi connectivity index (χ4n) is 0.697. The highest BCUT2D eigenvalue weighted by molar-refractivity contribution is 7.87. The fourth-order valence-corrected chi connectivity index (χ4v) is 1.94. The first-order chi connectivity index (χ1) is 6.28. The molecule has 0 aromatic heterocycles. The van der Waals surface area contributed by atoms with Crippen LogP contribution in [-0.4, -0.2) is 43.3 Å². The number of carbonyl (C=O) groups is 1. The SMILES string of the molecule is CC(C)NS(=O)(=O)NC(CO)C(=O)O. The molecule has 0 fully saturated rings. The first-order valence-corrected chi connectivity index (χ1v) is 5.40. The van der Waals surface area contributed by atoms with Gasteiger partial charge in [-0.25, -0.2) is 0 Å². The Balaban J connectivity index is 4.41. The van der Waals surface area contributed by atoms with E-state index in [0.29, 0.717) is 0 Å². The molecule has 0 amide bonds. The van der Waals surface area contributed by atoms with Crippen LogP contribution < -0.4 is 9.44 Å². The second-order valence-corrected chi connectivity index (χ2v) is 4.45. The summed E-state index contributed by atoms with van der Waals surface area (Å²) < 4.78 is 26.1. The summed E-state index contributed by atoms with van der Waals surface area (Å²) in [6.07, 6.45) is 0. The average Bonchev–Trinajstić information content (AvgIpc) is 1.97. The van der Waals surface area contributed by atoms with Crippen LogP contribution >= 0.6 is 0 Å². The molecule has 0 saturated heterocycles. The van der Waals surface area contributed by atoms with Gasteiger partial charge in [0.25, 0.3) is 10.2 Å². The van der Waals surface area contributed by atoms with Gasteiger partial charge in [0, 0.05) is 6.04 Å². The molecule has 1 atom stereocenters. The zero-order valence-corrected chi connectivity index (χ0v) is 8.71. The summed E-state index contributed by atoms with van der Waals surface area (Å²) in [5, 5.41) is 17.0. The van der Waals surface area contributed by atoms with Crippen molar-refractivity contribution in [3.63, 3.8) is 0 Å². The lowest BCUT2D eigenvalue weighted by Crippen LogP contribution is -2.49. The van der Waals surface area contributed by atoms with Gasteiger partial charge in [-0.15, -0.1) is 0 Å². The van der Waals surface area contributed by atoms with Crippen molar-refractivity contribution in [2.75, 3.05) is 6.61 Å². The highest BCUT2D eigenvalue weighted by atomic mass is 32.2. The molecule has 14 heavy (non-hydrogen) atoms. The molecule has 0 spiro atoms. The molecule has 0 heterocycles. The summed E-state index contributed by atoms with van der Waals surface area (Å²) in [6, 6.07) is -1.87. The topological polar surface area (TPSA) is 116 Å². The molecule has 0 aliphatic rings. The van der Waals surface area contributed by atoms with Crippen LogP contribution in [0, 0.1) is 0 Å². The molecule has 0 bridgehead atoms. The van der Waals surface area contributed by atoms with Gasteiger partial charge in [0.1, 0.15) is 6.04 Å². The number of hydrogen-bond donors (Lipinski definition) is 4. The van der Waals surface area contributed by atoms with Crippen LogP contribution in [0.25, 0.3) is 0 Å². The maximum Gasteiger partial charge on any atom is 0.324 e. The van der Waals surface area contributed by atoms with Gasteiger partial charge in [0.2, 0.25) is 0 Å². The lowest BCUT2D eigenvalue weighted by Gasteiger charge is -2.14. The Kier molecular flexibility index (Phi) is 4.99. The average molecular weight is 226 g/mol. The molecular weight excluding hydrogens is 212 g/mol. The molecule has 7 nitrogen and oxygen atoms in total. The van der Waals surface area contributed by atoms with Crippen LogP contribution in [0.1, 0.15) is 13.8 Å². The molecule has 84 valence electrons. The molecule has 0 aromatic rings. The standard InChI is InChI=1S/C6H14N2O5S/c1-4(2)7-14(12,13)8-5(3-9)6(10)11/h4-5,7-9H,3H2,1-2H3,(H,10,11). The van der Waals surface area contributed by atoms with Crippen LogP contribution in [0.5, 0.6) is 0 Å². The van der Waals surface area contributed by atoms with E-state index in [0.717, 1.165) is 0 Å². The van der Waals surface area contributed by atoms with E-state index in [4.69, 9.17) is 10.2 Å². The molecule has 0 aliphatic carbocycles. The Morgan fingerprint density at radius 3 is 2.14 bits per heavy atom. The van der Waals surface area contributed by atoms with Crippen LogP contribution in [0.2, 0.25) is 0 Å². The summed E-state index contributed by atoms with van der Waals surface area (Å²) in [5.74, 6) is -1.43. The summed E-state index contributed by atoms with van der Waals surface area (Å²) in [6.45, 7) is 2.39. The van der Waals surface area contributed by atoms with E-state index in [9.17, 15) is 13.2 Å². The number of rotatable bonds is 6. The zero-order valence-electron chi connectivity index (χ0n) is 7.89. The van der Waals surface area contributed by atoms with Gasteiger partial charge in [-0.1, -0.05) is 0 Å². The fraction of sp³-hybridized carbons (Fsp3) is 0.833. The number of nitrogens with one attached hydrogen (secondary N) is 2. The number of aliphatic carboxylic acids is 1. The van der Waals surface area contributed by atoms with Gasteiger partial charge >= 0.3 is 5.97 Å². The third-order valence-electron chi connectivity index (χ3n) is 1.17. The summed E-state index contributed by atoms with van der Waals surface area (Å²) >= 11 is 0. The predicted octanol–water partition coefficient (Wildman–Crippen LogP) is -1.74. The van der Waals surface area contributed by atoms with Gasteiger partial charge < -0.3 is 10.2 Å². The number of carboxylic acid groups (broad SMARTS) is 1. The normalized spacial score (nSPS) is 14.3. The van der Waals surface area contributed by atoms with E-state index in [1.165, 1.54) is 0 Å². The molecule has 0 radical (unpaired) electrons. The van der Waals surface area contributed by atoms with Crippen molar-refractivity contribution in [3.8, 4) is 0 Å². The van der Waals surface area contributed by atoms with E-state index < -0.39 is 28.8 Å². The lowest BCUT2D eigenvalue weighted by atomic mass is 10.3.